The lowest BCUT2D eigenvalue weighted by Crippen LogP contribution is -1.85. The number of nitrogens with zero attached hydrogens (tertiary/aromatic N) is 3. The van der Waals surface area contributed by atoms with E-state index in [0.29, 0.717) is 11.6 Å². The van der Waals surface area contributed by atoms with Gasteiger partial charge in [0.15, 0.2) is 0 Å². The fourth-order valence-corrected chi connectivity index (χ4v) is 1.00. The number of hydrogen-bond acceptors (Lipinski definition) is 5. The molecule has 0 atom stereocenters. The normalized spacial score (nSPS) is 10.2. The molecule has 0 saturated heterocycles. The van der Waals surface area contributed by atoms with Gasteiger partial charge in [-0.05, 0) is 19.1 Å². The average molecular weight is 176 g/mol. The SMILES string of the molecule is Cc1cccc(-c2nnc(N)o2)n1. The highest BCUT2D eigenvalue weighted by Gasteiger charge is 2.06. The van der Waals surface area contributed by atoms with Crippen LogP contribution in [0.1, 0.15) is 5.69 Å². The third-order valence-corrected chi connectivity index (χ3v) is 1.55. The van der Waals surface area contributed by atoms with E-state index >= 15 is 0 Å². The maximum atomic E-state index is 5.29. The molecule has 0 fully saturated rings. The van der Waals surface area contributed by atoms with Crippen LogP contribution in [0.25, 0.3) is 11.6 Å². The second kappa shape index (κ2) is 2.85. The molecular formula is C8H8N4O. The summed E-state index contributed by atoms with van der Waals surface area (Å²) in [7, 11) is 0. The number of aromatic nitrogens is 3. The number of nitrogens with two attached hydrogens (primary N) is 1. The first-order valence-electron chi connectivity index (χ1n) is 3.79. The Labute approximate surface area is 74.6 Å². The van der Waals surface area contributed by atoms with Gasteiger partial charge in [-0.15, -0.1) is 5.10 Å². The highest BCUT2D eigenvalue weighted by atomic mass is 16.4. The molecule has 0 aromatic carbocycles. The van der Waals surface area contributed by atoms with Crippen LogP contribution in [0, 0.1) is 6.92 Å². The first-order chi connectivity index (χ1) is 6.25. The van der Waals surface area contributed by atoms with Crippen LogP contribution in [0.2, 0.25) is 0 Å². The first-order valence-corrected chi connectivity index (χ1v) is 3.79. The minimum Gasteiger partial charge on any atom is -0.402 e. The van der Waals surface area contributed by atoms with Crippen LogP contribution in [0.4, 0.5) is 6.01 Å². The largest absolute Gasteiger partial charge is 0.402 e. The molecule has 2 heterocycles. The van der Waals surface area contributed by atoms with E-state index in [1.54, 1.807) is 6.07 Å². The maximum Gasteiger partial charge on any atom is 0.313 e. The van der Waals surface area contributed by atoms with Crippen molar-refractivity contribution in [1.82, 2.24) is 15.2 Å². The van der Waals surface area contributed by atoms with E-state index in [9.17, 15) is 0 Å². The molecule has 0 saturated carbocycles. The third kappa shape index (κ3) is 1.48. The van der Waals surface area contributed by atoms with E-state index in [4.69, 9.17) is 10.2 Å². The molecule has 2 aromatic rings. The Bertz CT molecular complexity index is 424. The molecule has 2 N–H and O–H groups in total. The highest BCUT2D eigenvalue weighted by molar-refractivity contribution is 5.46. The summed E-state index contributed by atoms with van der Waals surface area (Å²) in [4.78, 5) is 4.20. The summed E-state index contributed by atoms with van der Waals surface area (Å²) in [5.74, 6) is 0.348. The third-order valence-electron chi connectivity index (χ3n) is 1.55. The molecule has 0 amide bonds. The average Bonchev–Trinajstić information content (AvgIpc) is 2.52. The van der Waals surface area contributed by atoms with Crippen LogP contribution in [-0.4, -0.2) is 15.2 Å². The van der Waals surface area contributed by atoms with Crippen molar-refractivity contribution in [3.63, 3.8) is 0 Å². The van der Waals surface area contributed by atoms with Crippen molar-refractivity contribution in [2.45, 2.75) is 6.92 Å². The van der Waals surface area contributed by atoms with Gasteiger partial charge in [0, 0.05) is 5.69 Å². The van der Waals surface area contributed by atoms with Crippen LogP contribution < -0.4 is 5.73 Å². The summed E-state index contributed by atoms with van der Waals surface area (Å²) < 4.78 is 5.02. The van der Waals surface area contributed by atoms with E-state index in [1.165, 1.54) is 0 Å². The number of pyridine rings is 1. The molecule has 66 valence electrons. The fourth-order valence-electron chi connectivity index (χ4n) is 1.00. The van der Waals surface area contributed by atoms with Crippen molar-refractivity contribution in [3.8, 4) is 11.6 Å². The van der Waals surface area contributed by atoms with Crippen molar-refractivity contribution < 1.29 is 4.42 Å². The van der Waals surface area contributed by atoms with Crippen LogP contribution in [0.3, 0.4) is 0 Å². The van der Waals surface area contributed by atoms with Crippen LogP contribution in [-0.2, 0) is 0 Å². The number of aryl methyl sites for hydroxylation is 1. The van der Waals surface area contributed by atoms with Gasteiger partial charge in [0.2, 0.25) is 0 Å². The van der Waals surface area contributed by atoms with E-state index in [2.05, 4.69) is 15.2 Å². The Morgan fingerprint density at radius 1 is 1.31 bits per heavy atom. The highest BCUT2D eigenvalue weighted by Crippen LogP contribution is 2.15. The van der Waals surface area contributed by atoms with Gasteiger partial charge in [-0.25, -0.2) is 4.98 Å². The number of anilines is 1. The van der Waals surface area contributed by atoms with E-state index in [-0.39, 0.29) is 6.01 Å². The maximum absolute atomic E-state index is 5.29. The quantitative estimate of drug-likeness (QED) is 0.701. The Balaban J connectivity index is 2.46. The lowest BCUT2D eigenvalue weighted by molar-refractivity contribution is 0.587. The summed E-state index contributed by atoms with van der Waals surface area (Å²) in [5.41, 5.74) is 6.83. The van der Waals surface area contributed by atoms with Gasteiger partial charge in [-0.3, -0.25) is 0 Å². The topological polar surface area (TPSA) is 77.8 Å². The smallest absolute Gasteiger partial charge is 0.313 e. The Morgan fingerprint density at radius 3 is 2.77 bits per heavy atom. The van der Waals surface area contributed by atoms with Crippen molar-refractivity contribution in [1.29, 1.82) is 0 Å². The number of nitrogen functional groups attached to an aromatic ring is 1. The summed E-state index contributed by atoms with van der Waals surface area (Å²) in [6, 6.07) is 5.61. The Kier molecular flexibility index (Phi) is 1.70. The van der Waals surface area contributed by atoms with Crippen molar-refractivity contribution in [2.24, 2.45) is 0 Å². The van der Waals surface area contributed by atoms with Crippen LogP contribution in [0.15, 0.2) is 22.6 Å². The molecule has 0 aliphatic carbocycles. The summed E-state index contributed by atoms with van der Waals surface area (Å²) in [5, 5.41) is 7.27. The lowest BCUT2D eigenvalue weighted by atomic mass is 10.3. The van der Waals surface area contributed by atoms with Crippen molar-refractivity contribution in [2.75, 3.05) is 5.73 Å². The first kappa shape index (κ1) is 7.72. The summed E-state index contributed by atoms with van der Waals surface area (Å²) in [6.45, 7) is 1.89. The zero-order valence-corrected chi connectivity index (χ0v) is 7.06. The predicted octanol–water partition coefficient (Wildman–Crippen LogP) is 1.02. The lowest BCUT2D eigenvalue weighted by Gasteiger charge is -1.94. The van der Waals surface area contributed by atoms with Crippen LogP contribution in [0.5, 0.6) is 0 Å². The van der Waals surface area contributed by atoms with Crippen molar-refractivity contribution >= 4 is 6.01 Å². The van der Waals surface area contributed by atoms with E-state index in [1.807, 2.05) is 19.1 Å². The second-order valence-electron chi connectivity index (χ2n) is 2.61. The molecule has 5 heteroatoms. The monoisotopic (exact) mass is 176 g/mol. The molecule has 2 rings (SSSR count). The molecule has 2 aromatic heterocycles. The molecule has 5 nitrogen and oxygen atoms in total. The number of hydrogen-bond donors (Lipinski definition) is 1. The van der Waals surface area contributed by atoms with Gasteiger partial charge in [0.1, 0.15) is 5.69 Å². The van der Waals surface area contributed by atoms with Gasteiger partial charge in [0.25, 0.3) is 5.89 Å². The molecule has 0 unspecified atom stereocenters. The standard InChI is InChI=1S/C8H8N4O/c1-5-3-2-4-6(10-5)7-11-12-8(9)13-7/h2-4H,1H3,(H2,9,12). The van der Waals surface area contributed by atoms with Gasteiger partial charge in [-0.1, -0.05) is 11.2 Å². The zero-order valence-electron chi connectivity index (χ0n) is 7.06. The van der Waals surface area contributed by atoms with Gasteiger partial charge in [-0.2, -0.15) is 0 Å². The summed E-state index contributed by atoms with van der Waals surface area (Å²) >= 11 is 0. The summed E-state index contributed by atoms with van der Waals surface area (Å²) in [6.07, 6.45) is 0. The van der Waals surface area contributed by atoms with Gasteiger partial charge >= 0.3 is 6.01 Å². The molecular weight excluding hydrogens is 168 g/mol. The molecule has 0 spiro atoms. The Hall–Kier alpha value is -1.91. The van der Waals surface area contributed by atoms with E-state index in [0.717, 1.165) is 5.69 Å². The minimum absolute atomic E-state index is 0.0540. The number of rotatable bonds is 1. The molecule has 0 radical (unpaired) electrons. The van der Waals surface area contributed by atoms with Crippen molar-refractivity contribution in [3.05, 3.63) is 23.9 Å². The molecule has 0 aliphatic heterocycles. The van der Waals surface area contributed by atoms with E-state index < -0.39 is 0 Å². The fraction of sp³-hybridized carbons (Fsp3) is 0.125. The van der Waals surface area contributed by atoms with Crippen LogP contribution >= 0.6 is 0 Å². The molecule has 0 bridgehead atoms. The minimum atomic E-state index is 0.0540. The predicted molar refractivity (Wildman–Crippen MR) is 46.7 cm³/mol. The van der Waals surface area contributed by atoms with Gasteiger partial charge in [0.05, 0.1) is 0 Å². The second-order valence-corrected chi connectivity index (χ2v) is 2.61. The zero-order chi connectivity index (χ0) is 9.26. The van der Waals surface area contributed by atoms with Gasteiger partial charge < -0.3 is 10.2 Å². The molecule has 0 aliphatic rings. The molecule has 13 heavy (non-hydrogen) atoms. The Morgan fingerprint density at radius 2 is 2.15 bits per heavy atom.